The highest BCUT2D eigenvalue weighted by Crippen LogP contribution is 2.68. The highest BCUT2D eigenvalue weighted by Gasteiger charge is 2.62. The minimum absolute atomic E-state index is 0.0706. The van der Waals surface area contributed by atoms with E-state index in [9.17, 15) is 0 Å². The van der Waals surface area contributed by atoms with E-state index in [1.54, 1.807) is 11.1 Å². The third kappa shape index (κ3) is 3.84. The minimum Gasteiger partial charge on any atom is -0.209 e. The molecule has 6 unspecified atom stereocenters. The van der Waals surface area contributed by atoms with Crippen molar-refractivity contribution in [3.8, 4) is 11.4 Å². The van der Waals surface area contributed by atoms with Crippen LogP contribution < -0.4 is 0 Å². The number of rotatable bonds is 3. The lowest BCUT2D eigenvalue weighted by Crippen LogP contribution is -2.40. The summed E-state index contributed by atoms with van der Waals surface area (Å²) in [6, 6.07) is 7.19. The van der Waals surface area contributed by atoms with Gasteiger partial charge in [0.1, 0.15) is 0 Å². The van der Waals surface area contributed by atoms with Crippen LogP contribution in [0, 0.1) is 23.7 Å². The smallest absolute Gasteiger partial charge is 0.164 e. The van der Waals surface area contributed by atoms with E-state index in [1.165, 1.54) is 35.1 Å². The summed E-state index contributed by atoms with van der Waals surface area (Å²) in [6.45, 7) is 2.38. The summed E-state index contributed by atoms with van der Waals surface area (Å²) in [5.41, 5.74) is 9.71. The molecule has 6 atom stereocenters. The van der Waals surface area contributed by atoms with E-state index in [0.717, 1.165) is 55.1 Å². The molecule has 0 fully saturated rings. The van der Waals surface area contributed by atoms with Gasteiger partial charge in [-0.05, 0) is 84.8 Å². The zero-order valence-electron chi connectivity index (χ0n) is 25.5. The number of benzene rings is 1. The summed E-state index contributed by atoms with van der Waals surface area (Å²) in [6.07, 6.45) is 40.6. The Morgan fingerprint density at radius 1 is 0.727 bits per heavy atom. The van der Waals surface area contributed by atoms with Gasteiger partial charge in [0, 0.05) is 34.7 Å². The van der Waals surface area contributed by atoms with Crippen molar-refractivity contribution in [2.75, 3.05) is 0 Å². The molecule has 0 amide bonds. The number of fused-ring (bicyclic) bond motifs is 9. The lowest BCUT2D eigenvalue weighted by Gasteiger charge is -2.43. The zero-order valence-corrected chi connectivity index (χ0v) is 25.5. The average molecular weight is 574 g/mol. The molecule has 0 saturated carbocycles. The van der Waals surface area contributed by atoms with Crippen LogP contribution in [0.5, 0.6) is 0 Å². The Morgan fingerprint density at radius 3 is 2.30 bits per heavy atom. The first-order valence-corrected chi connectivity index (χ1v) is 16.8. The van der Waals surface area contributed by atoms with Gasteiger partial charge in [-0.15, -0.1) is 0 Å². The summed E-state index contributed by atoms with van der Waals surface area (Å²) in [5, 5.41) is 0. The van der Waals surface area contributed by atoms with Crippen LogP contribution in [0.25, 0.3) is 22.5 Å². The van der Waals surface area contributed by atoms with Crippen molar-refractivity contribution in [2.45, 2.75) is 63.2 Å². The zero-order chi connectivity index (χ0) is 29.3. The monoisotopic (exact) mass is 573 g/mol. The number of nitrogens with zero attached hydrogens (tertiary/aromatic N) is 3. The van der Waals surface area contributed by atoms with Gasteiger partial charge in [-0.2, -0.15) is 0 Å². The SMILES string of the molecule is CC1C=CC2=C(C1)C1(c3cc(-c4nc(C5=CC=CCC5)nc(C5=CCCCC5)n4)ccc3C3C=CC=CC31)C1C=CC=CC21. The van der Waals surface area contributed by atoms with Crippen LogP contribution >= 0.6 is 0 Å². The van der Waals surface area contributed by atoms with Crippen LogP contribution in [0.4, 0.5) is 0 Å². The maximum atomic E-state index is 5.22. The van der Waals surface area contributed by atoms with Crippen molar-refractivity contribution >= 4 is 11.1 Å². The molecule has 7 aliphatic rings. The normalized spacial score (nSPS) is 32.4. The predicted octanol–water partition coefficient (Wildman–Crippen LogP) is 9.57. The molecule has 3 heteroatoms. The summed E-state index contributed by atoms with van der Waals surface area (Å²) < 4.78 is 0. The van der Waals surface area contributed by atoms with Gasteiger partial charge in [0.2, 0.25) is 0 Å². The van der Waals surface area contributed by atoms with Gasteiger partial charge in [-0.1, -0.05) is 110 Å². The highest BCUT2D eigenvalue weighted by molar-refractivity contribution is 5.72. The lowest BCUT2D eigenvalue weighted by molar-refractivity contribution is 0.284. The summed E-state index contributed by atoms with van der Waals surface area (Å²) in [4.78, 5) is 15.5. The van der Waals surface area contributed by atoms with Gasteiger partial charge in [0.25, 0.3) is 0 Å². The number of aromatic nitrogens is 3. The molecule has 218 valence electrons. The Bertz CT molecular complexity index is 1840. The van der Waals surface area contributed by atoms with Crippen molar-refractivity contribution in [1.82, 2.24) is 15.0 Å². The fourth-order valence-corrected chi connectivity index (χ4v) is 9.39. The largest absolute Gasteiger partial charge is 0.209 e. The maximum Gasteiger partial charge on any atom is 0.164 e. The molecule has 0 N–H and O–H groups in total. The van der Waals surface area contributed by atoms with Crippen LogP contribution in [0.15, 0.2) is 114 Å². The van der Waals surface area contributed by atoms with E-state index in [0.29, 0.717) is 29.6 Å². The second kappa shape index (κ2) is 10.2. The molecule has 1 aromatic carbocycles. The quantitative estimate of drug-likeness (QED) is 0.367. The maximum absolute atomic E-state index is 5.22. The van der Waals surface area contributed by atoms with E-state index in [2.05, 4.69) is 110 Å². The van der Waals surface area contributed by atoms with Gasteiger partial charge in [0.05, 0.1) is 0 Å². The van der Waals surface area contributed by atoms with Gasteiger partial charge in [-0.25, -0.2) is 15.0 Å². The Kier molecular flexibility index (Phi) is 6.11. The predicted molar refractivity (Wildman–Crippen MR) is 179 cm³/mol. The number of hydrogen-bond acceptors (Lipinski definition) is 3. The molecule has 0 aliphatic heterocycles. The van der Waals surface area contributed by atoms with Crippen LogP contribution in [0.1, 0.15) is 80.6 Å². The van der Waals surface area contributed by atoms with E-state index in [1.807, 2.05) is 0 Å². The first-order valence-electron chi connectivity index (χ1n) is 16.8. The van der Waals surface area contributed by atoms with Gasteiger partial charge in [0.15, 0.2) is 17.5 Å². The molecule has 1 heterocycles. The summed E-state index contributed by atoms with van der Waals surface area (Å²) in [7, 11) is 0. The Morgan fingerprint density at radius 2 is 1.50 bits per heavy atom. The molecule has 0 radical (unpaired) electrons. The molecule has 0 saturated heterocycles. The molecule has 7 aliphatic carbocycles. The average Bonchev–Trinajstić information content (AvgIpc) is 3.55. The summed E-state index contributed by atoms with van der Waals surface area (Å²) in [5.74, 6) is 4.68. The van der Waals surface area contributed by atoms with Crippen molar-refractivity contribution in [3.05, 3.63) is 137 Å². The topological polar surface area (TPSA) is 38.7 Å². The third-order valence-corrected chi connectivity index (χ3v) is 11.3. The molecule has 3 nitrogen and oxygen atoms in total. The number of hydrogen-bond donors (Lipinski definition) is 0. The van der Waals surface area contributed by atoms with Crippen molar-refractivity contribution in [2.24, 2.45) is 23.7 Å². The standard InChI is InChI=1S/C41H39N3/c1-26-20-22-32-30-16-8-10-18-34(30)41(36(32)24-26)35-19-11-9-17-31(35)33-23-21-29(25-37(33)41)40-43-38(27-12-4-2-5-13-27)42-39(44-40)28-14-6-3-7-15-28/h2,4,8-12,14,16-23,25-26,30-31,34-35H,3,5-7,13,15,24H2,1H3. The second-order valence-corrected chi connectivity index (χ2v) is 13.7. The van der Waals surface area contributed by atoms with Crippen LogP contribution in [-0.2, 0) is 5.41 Å². The highest BCUT2D eigenvalue weighted by atomic mass is 15.0. The molecule has 1 spiro atoms. The molecule has 9 rings (SSSR count). The van der Waals surface area contributed by atoms with E-state index in [-0.39, 0.29) is 5.41 Å². The molecule has 2 aromatic rings. The molecule has 44 heavy (non-hydrogen) atoms. The number of allylic oxidation sites excluding steroid dienone is 18. The van der Waals surface area contributed by atoms with E-state index >= 15 is 0 Å². The summed E-state index contributed by atoms with van der Waals surface area (Å²) >= 11 is 0. The lowest BCUT2D eigenvalue weighted by atomic mass is 9.59. The first kappa shape index (κ1) is 26.3. The fraction of sp³-hybridized carbons (Fsp3) is 0.341. The van der Waals surface area contributed by atoms with Crippen molar-refractivity contribution in [3.63, 3.8) is 0 Å². The first-order chi connectivity index (χ1) is 21.7. The van der Waals surface area contributed by atoms with Gasteiger partial charge < -0.3 is 0 Å². The molecule has 0 bridgehead atoms. The van der Waals surface area contributed by atoms with E-state index < -0.39 is 0 Å². The fourth-order valence-electron chi connectivity index (χ4n) is 9.39. The van der Waals surface area contributed by atoms with Crippen LogP contribution in [0.2, 0.25) is 0 Å². The Balaban J connectivity index is 1.26. The van der Waals surface area contributed by atoms with Crippen LogP contribution in [0.3, 0.4) is 0 Å². The van der Waals surface area contributed by atoms with Gasteiger partial charge >= 0.3 is 0 Å². The Hall–Kier alpha value is -4.11. The third-order valence-electron chi connectivity index (χ3n) is 11.3. The van der Waals surface area contributed by atoms with Crippen LogP contribution in [-0.4, -0.2) is 15.0 Å². The van der Waals surface area contributed by atoms with Gasteiger partial charge in [-0.3, -0.25) is 0 Å². The molecule has 1 aromatic heterocycles. The minimum atomic E-state index is -0.0706. The van der Waals surface area contributed by atoms with Crippen molar-refractivity contribution in [1.29, 1.82) is 0 Å². The second-order valence-electron chi connectivity index (χ2n) is 13.7. The molecular weight excluding hydrogens is 534 g/mol. The molecular formula is C41H39N3. The Labute approximate surface area is 261 Å². The van der Waals surface area contributed by atoms with Crippen molar-refractivity contribution < 1.29 is 0 Å². The van der Waals surface area contributed by atoms with E-state index in [4.69, 9.17) is 15.0 Å².